The van der Waals surface area contributed by atoms with Gasteiger partial charge in [-0.25, -0.2) is 4.98 Å². The molecule has 2 N–H and O–H groups in total. The zero-order valence-electron chi connectivity index (χ0n) is 8.05. The minimum absolute atomic E-state index is 0.327. The molecule has 0 aliphatic rings. The van der Waals surface area contributed by atoms with Crippen molar-refractivity contribution >= 4 is 19.1 Å². The molecule has 3 nitrogen and oxygen atoms in total. The average molecular weight is 196 g/mol. The number of nitrogens with zero attached hydrogens (tertiary/aromatic N) is 1. The molecule has 0 amide bonds. The highest BCUT2D eigenvalue weighted by Gasteiger charge is 2.02. The quantitative estimate of drug-likeness (QED) is 0.735. The van der Waals surface area contributed by atoms with Gasteiger partial charge in [0, 0.05) is 6.20 Å². The molecule has 2 rings (SSSR count). The lowest BCUT2D eigenvalue weighted by molar-refractivity contribution is 0.483. The summed E-state index contributed by atoms with van der Waals surface area (Å²) in [5.41, 5.74) is 6.17. The lowest BCUT2D eigenvalue weighted by Gasteiger charge is -2.07. The van der Waals surface area contributed by atoms with Crippen molar-refractivity contribution in [1.82, 2.24) is 4.98 Å². The van der Waals surface area contributed by atoms with Gasteiger partial charge in [-0.15, -0.1) is 0 Å². The van der Waals surface area contributed by atoms with Gasteiger partial charge in [0.15, 0.2) is 11.6 Å². The number of nitrogens with two attached hydrogens (primary N) is 1. The third kappa shape index (κ3) is 2.28. The van der Waals surface area contributed by atoms with E-state index in [1.54, 1.807) is 6.07 Å². The Hall–Kier alpha value is -1.97. The van der Waals surface area contributed by atoms with Crippen molar-refractivity contribution in [3.8, 4) is 11.5 Å². The van der Waals surface area contributed by atoms with E-state index in [1.807, 2.05) is 30.3 Å². The van der Waals surface area contributed by atoms with Gasteiger partial charge in [0.1, 0.15) is 13.6 Å². The molecular formula is C11H9BN2O. The number of pyridine rings is 1. The molecule has 15 heavy (non-hydrogen) atoms. The van der Waals surface area contributed by atoms with Crippen molar-refractivity contribution in [1.29, 1.82) is 0 Å². The van der Waals surface area contributed by atoms with E-state index in [1.165, 1.54) is 6.20 Å². The minimum Gasteiger partial charge on any atom is -0.454 e. The Bertz CT molecular complexity index is 459. The zero-order chi connectivity index (χ0) is 10.7. The Labute approximate surface area is 89.3 Å². The summed E-state index contributed by atoms with van der Waals surface area (Å²) in [6, 6.07) is 11.0. The first kappa shape index (κ1) is 9.58. The smallest absolute Gasteiger partial charge is 0.168 e. The molecule has 0 aliphatic heterocycles. The Balaban J connectivity index is 2.28. The van der Waals surface area contributed by atoms with E-state index in [-0.39, 0.29) is 0 Å². The van der Waals surface area contributed by atoms with Crippen molar-refractivity contribution < 1.29 is 4.74 Å². The van der Waals surface area contributed by atoms with Crippen LogP contribution in [0.3, 0.4) is 0 Å². The normalized spacial score (nSPS) is 9.87. The lowest BCUT2D eigenvalue weighted by Crippen LogP contribution is -2.06. The van der Waals surface area contributed by atoms with Gasteiger partial charge in [-0.05, 0) is 18.2 Å². The van der Waals surface area contributed by atoms with Crippen LogP contribution in [0.4, 0.5) is 5.82 Å². The van der Waals surface area contributed by atoms with Gasteiger partial charge in [0.05, 0.1) is 0 Å². The Kier molecular flexibility index (Phi) is 2.58. The fourth-order valence-electron chi connectivity index (χ4n) is 1.17. The second-order valence-electron chi connectivity index (χ2n) is 3.07. The van der Waals surface area contributed by atoms with E-state index >= 15 is 0 Å². The number of benzene rings is 1. The summed E-state index contributed by atoms with van der Waals surface area (Å²) in [6.07, 6.45) is 1.49. The van der Waals surface area contributed by atoms with E-state index in [0.29, 0.717) is 22.8 Å². The van der Waals surface area contributed by atoms with Crippen LogP contribution in [-0.4, -0.2) is 12.8 Å². The first-order valence-corrected chi connectivity index (χ1v) is 4.49. The first-order valence-electron chi connectivity index (χ1n) is 4.49. The lowest BCUT2D eigenvalue weighted by atomic mass is 9.99. The SMILES string of the molecule is [B]c1cnc(N)c(Oc2ccccc2)c1. The van der Waals surface area contributed by atoms with Gasteiger partial charge in [0.2, 0.25) is 0 Å². The largest absolute Gasteiger partial charge is 0.454 e. The van der Waals surface area contributed by atoms with E-state index in [9.17, 15) is 0 Å². The Morgan fingerprint density at radius 1 is 1.20 bits per heavy atom. The van der Waals surface area contributed by atoms with Crippen molar-refractivity contribution in [2.45, 2.75) is 0 Å². The molecule has 2 radical (unpaired) electrons. The van der Waals surface area contributed by atoms with Crippen LogP contribution in [0.5, 0.6) is 11.5 Å². The molecule has 0 bridgehead atoms. The van der Waals surface area contributed by atoms with Gasteiger partial charge in [-0.1, -0.05) is 23.7 Å². The van der Waals surface area contributed by atoms with Crippen LogP contribution in [0.1, 0.15) is 0 Å². The topological polar surface area (TPSA) is 48.1 Å². The summed E-state index contributed by atoms with van der Waals surface area (Å²) >= 11 is 0. The minimum atomic E-state index is 0.327. The molecule has 2 aromatic rings. The summed E-state index contributed by atoms with van der Waals surface area (Å²) in [5.74, 6) is 1.51. The third-order valence-corrected chi connectivity index (χ3v) is 1.87. The van der Waals surface area contributed by atoms with Crippen LogP contribution in [0, 0.1) is 0 Å². The average Bonchev–Trinajstić information content (AvgIpc) is 2.25. The summed E-state index contributed by atoms with van der Waals surface area (Å²) in [4.78, 5) is 3.90. The number of aromatic nitrogens is 1. The van der Waals surface area contributed by atoms with Crippen molar-refractivity contribution in [2.24, 2.45) is 0 Å². The van der Waals surface area contributed by atoms with Gasteiger partial charge >= 0.3 is 0 Å². The molecule has 0 unspecified atom stereocenters. The Morgan fingerprint density at radius 2 is 1.93 bits per heavy atom. The summed E-state index contributed by atoms with van der Waals surface area (Å²) in [5, 5.41) is 0. The molecule has 4 heteroatoms. The maximum Gasteiger partial charge on any atom is 0.168 e. The molecule has 0 saturated heterocycles. The first-order chi connectivity index (χ1) is 7.25. The second kappa shape index (κ2) is 4.04. The van der Waals surface area contributed by atoms with Gasteiger partial charge in [-0.2, -0.15) is 0 Å². The fraction of sp³-hybridized carbons (Fsp3) is 0. The highest BCUT2D eigenvalue weighted by molar-refractivity contribution is 6.32. The van der Waals surface area contributed by atoms with Crippen LogP contribution in [0.2, 0.25) is 0 Å². The molecule has 0 spiro atoms. The summed E-state index contributed by atoms with van der Waals surface area (Å²) in [7, 11) is 5.58. The number of hydrogen-bond donors (Lipinski definition) is 1. The molecule has 72 valence electrons. The number of hydrogen-bond acceptors (Lipinski definition) is 3. The van der Waals surface area contributed by atoms with Crippen LogP contribution in [0.15, 0.2) is 42.6 Å². The van der Waals surface area contributed by atoms with Crippen molar-refractivity contribution in [2.75, 3.05) is 5.73 Å². The van der Waals surface area contributed by atoms with Crippen LogP contribution >= 0.6 is 0 Å². The predicted molar refractivity (Wildman–Crippen MR) is 60.6 cm³/mol. The van der Waals surface area contributed by atoms with Crippen LogP contribution in [-0.2, 0) is 0 Å². The molecule has 0 saturated carbocycles. The zero-order valence-corrected chi connectivity index (χ0v) is 8.05. The predicted octanol–water partition coefficient (Wildman–Crippen LogP) is 1.25. The fourth-order valence-corrected chi connectivity index (χ4v) is 1.17. The maximum absolute atomic E-state index is 5.65. The molecule has 0 fully saturated rings. The number of rotatable bonds is 2. The molecular weight excluding hydrogens is 187 g/mol. The maximum atomic E-state index is 5.65. The third-order valence-electron chi connectivity index (χ3n) is 1.87. The Morgan fingerprint density at radius 3 is 2.67 bits per heavy atom. The molecule has 0 aliphatic carbocycles. The van der Waals surface area contributed by atoms with E-state index < -0.39 is 0 Å². The highest BCUT2D eigenvalue weighted by atomic mass is 16.5. The monoisotopic (exact) mass is 196 g/mol. The molecule has 1 heterocycles. The van der Waals surface area contributed by atoms with E-state index in [0.717, 1.165) is 0 Å². The van der Waals surface area contributed by atoms with Crippen molar-refractivity contribution in [3.05, 3.63) is 42.6 Å². The standard InChI is InChI=1S/C11H9BN2O/c12-8-6-10(11(13)14-7-8)15-9-4-2-1-3-5-9/h1-7H,(H2,13,14). The second-order valence-corrected chi connectivity index (χ2v) is 3.07. The van der Waals surface area contributed by atoms with Crippen LogP contribution < -0.4 is 15.9 Å². The number of para-hydroxylation sites is 1. The summed E-state index contributed by atoms with van der Waals surface area (Å²) in [6.45, 7) is 0. The van der Waals surface area contributed by atoms with Gasteiger partial charge in [0.25, 0.3) is 0 Å². The van der Waals surface area contributed by atoms with E-state index in [2.05, 4.69) is 4.98 Å². The molecule has 0 atom stereocenters. The van der Waals surface area contributed by atoms with Gasteiger partial charge < -0.3 is 10.5 Å². The number of nitrogen functional groups attached to an aromatic ring is 1. The molecule has 1 aromatic heterocycles. The highest BCUT2D eigenvalue weighted by Crippen LogP contribution is 2.23. The number of ether oxygens (including phenoxy) is 1. The van der Waals surface area contributed by atoms with Crippen LogP contribution in [0.25, 0.3) is 0 Å². The molecule has 1 aromatic carbocycles. The van der Waals surface area contributed by atoms with Crippen molar-refractivity contribution in [3.63, 3.8) is 0 Å². The van der Waals surface area contributed by atoms with E-state index in [4.69, 9.17) is 18.3 Å². The van der Waals surface area contributed by atoms with Gasteiger partial charge in [-0.3, -0.25) is 0 Å². The number of anilines is 1. The summed E-state index contributed by atoms with van der Waals surface area (Å²) < 4.78 is 5.52.